The Morgan fingerprint density at radius 2 is 1.77 bits per heavy atom. The van der Waals surface area contributed by atoms with Crippen molar-refractivity contribution in [2.45, 2.75) is 45.5 Å². The molecule has 0 fully saturated rings. The van der Waals surface area contributed by atoms with Gasteiger partial charge in [-0.15, -0.1) is 0 Å². The number of benzene rings is 2. The van der Waals surface area contributed by atoms with E-state index in [9.17, 15) is 22.8 Å². The second kappa shape index (κ2) is 13.1. The van der Waals surface area contributed by atoms with Crippen molar-refractivity contribution in [2.75, 3.05) is 20.3 Å². The molecule has 3 aromatic rings. The zero-order valence-corrected chi connectivity index (χ0v) is 23.2. The molecular formula is C28H29ClF3N3O5. The summed E-state index contributed by atoms with van der Waals surface area (Å²) in [6.07, 6.45) is -2.85. The molecule has 3 rings (SSSR count). The first-order chi connectivity index (χ1) is 18.9. The van der Waals surface area contributed by atoms with Gasteiger partial charge in [0.1, 0.15) is 5.75 Å². The number of methoxy groups -OCH3 is 1. The number of halogens is 4. The molecule has 8 nitrogen and oxygen atoms in total. The van der Waals surface area contributed by atoms with Gasteiger partial charge in [0.15, 0.2) is 11.4 Å². The highest BCUT2D eigenvalue weighted by Gasteiger charge is 2.32. The van der Waals surface area contributed by atoms with E-state index >= 15 is 0 Å². The third-order valence-electron chi connectivity index (χ3n) is 5.73. The van der Waals surface area contributed by atoms with Crippen LogP contribution < -0.4 is 10.1 Å². The van der Waals surface area contributed by atoms with E-state index in [2.05, 4.69) is 15.3 Å². The van der Waals surface area contributed by atoms with E-state index in [0.29, 0.717) is 27.6 Å². The first-order valence-electron chi connectivity index (χ1n) is 12.3. The summed E-state index contributed by atoms with van der Waals surface area (Å²) in [5.74, 6) is -0.448. The number of carbonyl (C=O) groups is 2. The largest absolute Gasteiger partial charge is 0.476 e. The van der Waals surface area contributed by atoms with Gasteiger partial charge in [0.05, 0.1) is 30.0 Å². The molecule has 0 bridgehead atoms. The van der Waals surface area contributed by atoms with Crippen molar-refractivity contribution in [3.63, 3.8) is 0 Å². The number of hydrogen-bond acceptors (Lipinski definition) is 7. The van der Waals surface area contributed by atoms with Crippen LogP contribution in [0.25, 0.3) is 11.4 Å². The number of rotatable bonds is 11. The number of carbonyl (C=O) groups excluding carboxylic acids is 2. The Morgan fingerprint density at radius 1 is 1.07 bits per heavy atom. The number of amides is 1. The average Bonchev–Trinajstić information content (AvgIpc) is 2.90. The summed E-state index contributed by atoms with van der Waals surface area (Å²) < 4.78 is 54.6. The molecule has 0 atom stereocenters. The number of hydrogen-bond donors (Lipinski definition) is 1. The fraction of sp³-hybridized carbons (Fsp3) is 0.357. The summed E-state index contributed by atoms with van der Waals surface area (Å²) in [6.45, 7) is 5.43. The van der Waals surface area contributed by atoms with E-state index in [1.807, 2.05) is 0 Å². The maximum absolute atomic E-state index is 13.0. The van der Waals surface area contributed by atoms with Crippen LogP contribution in [0.1, 0.15) is 48.0 Å². The number of esters is 1. The molecule has 0 aliphatic rings. The molecule has 0 saturated heterocycles. The highest BCUT2D eigenvalue weighted by Crippen LogP contribution is 2.31. The van der Waals surface area contributed by atoms with Gasteiger partial charge in [-0.1, -0.05) is 29.8 Å². The summed E-state index contributed by atoms with van der Waals surface area (Å²) in [5.41, 5.74) is -0.468. The quantitative estimate of drug-likeness (QED) is 0.293. The number of aromatic nitrogens is 2. The van der Waals surface area contributed by atoms with Gasteiger partial charge in [0, 0.05) is 36.9 Å². The van der Waals surface area contributed by atoms with E-state index in [4.69, 9.17) is 25.8 Å². The van der Waals surface area contributed by atoms with Crippen molar-refractivity contribution in [3.8, 4) is 17.1 Å². The van der Waals surface area contributed by atoms with Crippen molar-refractivity contribution in [1.82, 2.24) is 15.3 Å². The van der Waals surface area contributed by atoms with Crippen molar-refractivity contribution < 1.29 is 37.0 Å². The standard InChI is InChI=1S/C28H29ClF3N3O5/c1-5-39-26(37)27(2,3)40-20-11-8-18(22(29)14-20)15-34-25(36)21-16-33-24(35-23(21)12-13-38-4)17-6-9-19(10-7-17)28(30,31)32/h6-11,14,16H,5,12-13,15H2,1-4H3,(H,34,36). The van der Waals surface area contributed by atoms with Crippen LogP contribution in [0.3, 0.4) is 0 Å². The second-order valence-corrected chi connectivity index (χ2v) is 9.55. The first kappa shape index (κ1) is 30.8. The van der Waals surface area contributed by atoms with Gasteiger partial charge in [-0.3, -0.25) is 4.79 Å². The first-order valence-corrected chi connectivity index (χ1v) is 12.7. The van der Waals surface area contributed by atoms with E-state index < -0.39 is 29.2 Å². The van der Waals surface area contributed by atoms with Crippen LogP contribution in [-0.4, -0.2) is 47.8 Å². The fourth-order valence-electron chi connectivity index (χ4n) is 3.59. The van der Waals surface area contributed by atoms with Crippen LogP contribution in [0.5, 0.6) is 5.75 Å². The van der Waals surface area contributed by atoms with Gasteiger partial charge in [-0.05, 0) is 50.6 Å². The average molecular weight is 580 g/mol. The Bertz CT molecular complexity index is 1350. The lowest BCUT2D eigenvalue weighted by Crippen LogP contribution is -2.39. The molecule has 0 aliphatic heterocycles. The summed E-state index contributed by atoms with van der Waals surface area (Å²) in [4.78, 5) is 33.7. The van der Waals surface area contributed by atoms with E-state index in [1.165, 1.54) is 31.5 Å². The lowest BCUT2D eigenvalue weighted by Gasteiger charge is -2.24. The van der Waals surface area contributed by atoms with Crippen LogP contribution in [-0.2, 0) is 33.4 Å². The van der Waals surface area contributed by atoms with Gasteiger partial charge in [-0.2, -0.15) is 13.2 Å². The molecule has 1 aromatic heterocycles. The van der Waals surface area contributed by atoms with Crippen molar-refractivity contribution in [3.05, 3.63) is 76.1 Å². The predicted octanol–water partition coefficient (Wildman–Crippen LogP) is 5.66. The van der Waals surface area contributed by atoms with Crippen molar-refractivity contribution >= 4 is 23.5 Å². The molecule has 2 aromatic carbocycles. The smallest absolute Gasteiger partial charge is 0.416 e. The number of nitrogens with zero attached hydrogens (tertiary/aromatic N) is 2. The van der Waals surface area contributed by atoms with Gasteiger partial charge >= 0.3 is 12.1 Å². The molecule has 0 unspecified atom stereocenters. The molecule has 40 heavy (non-hydrogen) atoms. The van der Waals surface area contributed by atoms with Crippen LogP contribution in [0, 0.1) is 0 Å². The van der Waals surface area contributed by atoms with Gasteiger partial charge in [-0.25, -0.2) is 14.8 Å². The fourth-order valence-corrected chi connectivity index (χ4v) is 3.83. The monoisotopic (exact) mass is 579 g/mol. The topological polar surface area (TPSA) is 99.6 Å². The van der Waals surface area contributed by atoms with Gasteiger partial charge in [0.2, 0.25) is 0 Å². The number of ether oxygens (including phenoxy) is 3. The molecule has 0 saturated carbocycles. The predicted molar refractivity (Wildman–Crippen MR) is 142 cm³/mol. The number of nitrogens with one attached hydrogen (secondary N) is 1. The van der Waals surface area contributed by atoms with Crippen LogP contribution in [0.4, 0.5) is 13.2 Å². The maximum Gasteiger partial charge on any atom is 0.416 e. The summed E-state index contributed by atoms with van der Waals surface area (Å²) >= 11 is 6.40. The highest BCUT2D eigenvalue weighted by molar-refractivity contribution is 6.31. The second-order valence-electron chi connectivity index (χ2n) is 9.14. The molecule has 1 amide bonds. The van der Waals surface area contributed by atoms with Gasteiger partial charge < -0.3 is 19.5 Å². The summed E-state index contributed by atoms with van der Waals surface area (Å²) in [5, 5.41) is 3.09. The normalized spacial score (nSPS) is 11.7. The van der Waals surface area contributed by atoms with Crippen LogP contribution in [0.15, 0.2) is 48.7 Å². The molecule has 12 heteroatoms. The lowest BCUT2D eigenvalue weighted by atomic mass is 10.1. The van der Waals surface area contributed by atoms with E-state index in [1.54, 1.807) is 32.9 Å². The summed E-state index contributed by atoms with van der Waals surface area (Å²) in [6, 6.07) is 9.28. The molecule has 1 heterocycles. The Hall–Kier alpha value is -3.70. The number of alkyl halides is 3. The van der Waals surface area contributed by atoms with Crippen molar-refractivity contribution in [2.24, 2.45) is 0 Å². The lowest BCUT2D eigenvalue weighted by molar-refractivity contribution is -0.158. The third kappa shape index (κ3) is 7.92. The molecule has 0 radical (unpaired) electrons. The Morgan fingerprint density at radius 3 is 2.38 bits per heavy atom. The van der Waals surface area contributed by atoms with Gasteiger partial charge in [0.25, 0.3) is 5.91 Å². The van der Waals surface area contributed by atoms with Crippen LogP contribution >= 0.6 is 11.6 Å². The molecule has 0 aliphatic carbocycles. The molecule has 1 N–H and O–H groups in total. The SMILES string of the molecule is CCOC(=O)C(C)(C)Oc1ccc(CNC(=O)c2cnc(-c3ccc(C(F)(F)F)cc3)nc2CCOC)c(Cl)c1. The minimum Gasteiger partial charge on any atom is -0.476 e. The third-order valence-corrected chi connectivity index (χ3v) is 6.08. The minimum atomic E-state index is -4.46. The zero-order valence-electron chi connectivity index (χ0n) is 22.4. The van der Waals surface area contributed by atoms with E-state index in [0.717, 1.165) is 12.1 Å². The highest BCUT2D eigenvalue weighted by atomic mass is 35.5. The summed E-state index contributed by atoms with van der Waals surface area (Å²) in [7, 11) is 1.50. The minimum absolute atomic E-state index is 0.0730. The molecular weight excluding hydrogens is 551 g/mol. The van der Waals surface area contributed by atoms with Crippen LogP contribution in [0.2, 0.25) is 5.02 Å². The molecule has 214 valence electrons. The maximum atomic E-state index is 13.0. The van der Waals surface area contributed by atoms with E-state index in [-0.39, 0.29) is 37.6 Å². The Labute approximate surface area is 234 Å². The van der Waals surface area contributed by atoms with Crippen molar-refractivity contribution in [1.29, 1.82) is 0 Å². The molecule has 0 spiro atoms. The zero-order chi connectivity index (χ0) is 29.5. The Balaban J connectivity index is 1.74. The Kier molecular flexibility index (Phi) is 10.1.